The number of anilines is 2. The minimum atomic E-state index is -0.422. The average Bonchev–Trinajstić information content (AvgIpc) is 3.53. The van der Waals surface area contributed by atoms with E-state index in [-0.39, 0.29) is 24.1 Å². The first-order valence-electron chi connectivity index (χ1n) is 11.9. The van der Waals surface area contributed by atoms with Gasteiger partial charge in [0, 0.05) is 49.9 Å². The Hall–Kier alpha value is -4.12. The van der Waals surface area contributed by atoms with Crippen LogP contribution in [0.5, 0.6) is 0 Å². The van der Waals surface area contributed by atoms with Crippen molar-refractivity contribution in [1.29, 1.82) is 0 Å². The van der Waals surface area contributed by atoms with Crippen LogP contribution in [0.25, 0.3) is 16.9 Å². The molecule has 188 valence electrons. The molecule has 2 aromatic carbocycles. The monoisotopic (exact) mass is 520 g/mol. The van der Waals surface area contributed by atoms with E-state index in [2.05, 4.69) is 25.2 Å². The molecule has 0 bridgehead atoms. The summed E-state index contributed by atoms with van der Waals surface area (Å²) >= 11 is 6.00. The fourth-order valence-electron chi connectivity index (χ4n) is 4.86. The normalized spacial score (nSPS) is 18.2. The van der Waals surface area contributed by atoms with Crippen LogP contribution < -0.4 is 9.80 Å². The predicted molar refractivity (Wildman–Crippen MR) is 135 cm³/mol. The summed E-state index contributed by atoms with van der Waals surface area (Å²) in [5, 5.41) is 9.22. The van der Waals surface area contributed by atoms with Crippen molar-refractivity contribution in [2.24, 2.45) is 5.92 Å². The number of hydrogen-bond donors (Lipinski definition) is 0. The lowest BCUT2D eigenvalue weighted by molar-refractivity contribution is -0.136. The third-order valence-electron chi connectivity index (χ3n) is 6.79. The quantitative estimate of drug-likeness (QED) is 0.408. The molecule has 2 aliphatic heterocycles. The lowest BCUT2D eigenvalue weighted by Gasteiger charge is -2.36. The van der Waals surface area contributed by atoms with Crippen LogP contribution in [-0.4, -0.2) is 74.4 Å². The Morgan fingerprint density at radius 2 is 1.65 bits per heavy atom. The van der Waals surface area contributed by atoms with Crippen LogP contribution in [0.3, 0.4) is 0 Å². The first-order valence-corrected chi connectivity index (χ1v) is 12.3. The third-order valence-corrected chi connectivity index (χ3v) is 7.05. The summed E-state index contributed by atoms with van der Waals surface area (Å²) in [5.41, 5.74) is 2.54. The highest BCUT2D eigenvalue weighted by Gasteiger charge is 2.38. The highest BCUT2D eigenvalue weighted by atomic mass is 35.5. The summed E-state index contributed by atoms with van der Waals surface area (Å²) in [6.07, 6.45) is 1.63. The van der Waals surface area contributed by atoms with E-state index in [1.165, 1.54) is 18.5 Å². The van der Waals surface area contributed by atoms with E-state index in [1.807, 2.05) is 12.1 Å². The third kappa shape index (κ3) is 4.35. The van der Waals surface area contributed by atoms with Gasteiger partial charge in [-0.2, -0.15) is 4.68 Å². The Kier molecular flexibility index (Phi) is 5.91. The molecule has 6 rings (SSSR count). The molecule has 0 radical (unpaired) electrons. The van der Waals surface area contributed by atoms with Gasteiger partial charge in [0.05, 0.1) is 11.6 Å². The van der Waals surface area contributed by atoms with Crippen LogP contribution in [0.15, 0.2) is 54.9 Å². The molecule has 12 heteroatoms. The van der Waals surface area contributed by atoms with Crippen LogP contribution in [-0.2, 0) is 9.59 Å². The van der Waals surface area contributed by atoms with Gasteiger partial charge in [-0.25, -0.2) is 14.4 Å². The predicted octanol–water partition coefficient (Wildman–Crippen LogP) is 2.70. The van der Waals surface area contributed by atoms with Gasteiger partial charge < -0.3 is 14.7 Å². The van der Waals surface area contributed by atoms with E-state index >= 15 is 0 Å². The van der Waals surface area contributed by atoms with Crippen LogP contribution in [0, 0.1) is 11.7 Å². The molecule has 4 aromatic rings. The summed E-state index contributed by atoms with van der Waals surface area (Å²) in [6, 6.07) is 13.0. The Labute approximate surface area is 216 Å². The molecule has 1 unspecified atom stereocenters. The molecule has 0 spiro atoms. The summed E-state index contributed by atoms with van der Waals surface area (Å²) < 4.78 is 14.9. The van der Waals surface area contributed by atoms with E-state index in [0.29, 0.717) is 60.4 Å². The molecule has 2 saturated heterocycles. The summed E-state index contributed by atoms with van der Waals surface area (Å²) in [6.45, 7) is 2.42. The lowest BCUT2D eigenvalue weighted by atomic mass is 10.1. The number of fused-ring (bicyclic) bond motifs is 1. The number of aromatic nitrogens is 5. The van der Waals surface area contributed by atoms with Gasteiger partial charge >= 0.3 is 0 Å². The van der Waals surface area contributed by atoms with Crippen molar-refractivity contribution in [3.05, 3.63) is 65.7 Å². The van der Waals surface area contributed by atoms with Crippen molar-refractivity contribution in [2.45, 2.75) is 6.42 Å². The van der Waals surface area contributed by atoms with Gasteiger partial charge in [0.2, 0.25) is 11.8 Å². The number of carbonyl (C=O) groups is 2. The molecule has 0 N–H and O–H groups in total. The van der Waals surface area contributed by atoms with Gasteiger partial charge in [-0.05, 0) is 48.5 Å². The number of amides is 2. The fourth-order valence-corrected chi connectivity index (χ4v) is 4.99. The van der Waals surface area contributed by atoms with Gasteiger partial charge in [0.1, 0.15) is 12.1 Å². The second-order valence-corrected chi connectivity index (χ2v) is 9.48. The topological polar surface area (TPSA) is 100 Å². The van der Waals surface area contributed by atoms with Gasteiger partial charge in [-0.3, -0.25) is 9.59 Å². The Morgan fingerprint density at radius 3 is 2.38 bits per heavy atom. The molecule has 2 aromatic heterocycles. The van der Waals surface area contributed by atoms with Gasteiger partial charge in [-0.1, -0.05) is 16.8 Å². The minimum Gasteiger partial charge on any atom is -0.351 e. The van der Waals surface area contributed by atoms with Crippen molar-refractivity contribution in [1.82, 2.24) is 29.9 Å². The van der Waals surface area contributed by atoms with E-state index in [4.69, 9.17) is 11.6 Å². The maximum absolute atomic E-state index is 13.3. The van der Waals surface area contributed by atoms with Crippen LogP contribution in [0.1, 0.15) is 6.42 Å². The van der Waals surface area contributed by atoms with Gasteiger partial charge in [-0.15, -0.1) is 5.10 Å². The molecule has 0 aliphatic carbocycles. The standard InChI is InChI=1S/C25H22ClFN8O2/c26-17-1-5-20(6-2-17)35-24-22(30-31-35)23(28-15-29-24)32-9-11-33(12-10-32)25(37)16-13-21(36)34(14-16)19-7-3-18(27)4-8-19/h1-8,15-16H,9-14H2. The maximum atomic E-state index is 13.3. The van der Waals surface area contributed by atoms with E-state index in [9.17, 15) is 14.0 Å². The van der Waals surface area contributed by atoms with Crippen molar-refractivity contribution in [2.75, 3.05) is 42.5 Å². The van der Waals surface area contributed by atoms with Crippen LogP contribution in [0.2, 0.25) is 5.02 Å². The molecular weight excluding hydrogens is 499 g/mol. The summed E-state index contributed by atoms with van der Waals surface area (Å²) in [4.78, 5) is 40.0. The Morgan fingerprint density at radius 1 is 0.946 bits per heavy atom. The Balaban J connectivity index is 1.13. The zero-order valence-corrected chi connectivity index (χ0v) is 20.4. The second kappa shape index (κ2) is 9.40. The van der Waals surface area contributed by atoms with Crippen LogP contribution in [0.4, 0.5) is 15.9 Å². The fraction of sp³-hybridized carbons (Fsp3) is 0.280. The SMILES string of the molecule is O=C(C1CC(=O)N(c2ccc(F)cc2)C1)N1CCN(c2ncnc3c2nnn3-c2ccc(Cl)cc2)CC1. The first-order chi connectivity index (χ1) is 18.0. The highest BCUT2D eigenvalue weighted by molar-refractivity contribution is 6.30. The molecule has 2 fully saturated rings. The smallest absolute Gasteiger partial charge is 0.228 e. The molecule has 2 amide bonds. The number of rotatable bonds is 4. The zero-order valence-electron chi connectivity index (χ0n) is 19.7. The summed E-state index contributed by atoms with van der Waals surface area (Å²) in [5.74, 6) is -0.297. The number of hydrogen-bond acceptors (Lipinski definition) is 7. The maximum Gasteiger partial charge on any atom is 0.228 e. The molecule has 1 atom stereocenters. The number of nitrogens with zero attached hydrogens (tertiary/aromatic N) is 8. The van der Waals surface area contributed by atoms with Gasteiger partial charge in [0.15, 0.2) is 17.0 Å². The van der Waals surface area contributed by atoms with E-state index in [0.717, 1.165) is 5.69 Å². The van der Waals surface area contributed by atoms with E-state index < -0.39 is 5.92 Å². The molecule has 2 aliphatic rings. The summed E-state index contributed by atoms with van der Waals surface area (Å²) in [7, 11) is 0. The lowest BCUT2D eigenvalue weighted by Crippen LogP contribution is -2.51. The molecular formula is C25H22ClFN8O2. The van der Waals surface area contributed by atoms with Crippen molar-refractivity contribution in [3.8, 4) is 5.69 Å². The molecule has 0 saturated carbocycles. The van der Waals surface area contributed by atoms with Crippen molar-refractivity contribution >= 4 is 46.1 Å². The van der Waals surface area contributed by atoms with E-state index in [1.54, 1.807) is 38.7 Å². The second-order valence-electron chi connectivity index (χ2n) is 9.04. The Bertz CT molecular complexity index is 1470. The molecule has 4 heterocycles. The molecule has 10 nitrogen and oxygen atoms in total. The zero-order chi connectivity index (χ0) is 25.5. The number of piperazine rings is 1. The minimum absolute atomic E-state index is 0.0425. The van der Waals surface area contributed by atoms with Gasteiger partial charge in [0.25, 0.3) is 0 Å². The molecule has 37 heavy (non-hydrogen) atoms. The first kappa shape index (κ1) is 23.3. The van der Waals surface area contributed by atoms with Crippen molar-refractivity contribution < 1.29 is 14.0 Å². The number of benzene rings is 2. The average molecular weight is 521 g/mol. The number of carbonyl (C=O) groups excluding carboxylic acids is 2. The highest BCUT2D eigenvalue weighted by Crippen LogP contribution is 2.28. The number of halogens is 2. The van der Waals surface area contributed by atoms with Crippen LogP contribution >= 0.6 is 11.6 Å². The van der Waals surface area contributed by atoms with Crippen molar-refractivity contribution in [3.63, 3.8) is 0 Å². The largest absolute Gasteiger partial charge is 0.351 e.